The molecule has 0 unspecified atom stereocenters. The molecule has 1 fully saturated rings. The summed E-state index contributed by atoms with van der Waals surface area (Å²) in [5, 5.41) is 10.1. The number of carbonyl (C=O) groups is 1. The summed E-state index contributed by atoms with van der Waals surface area (Å²) >= 11 is 1.47. The summed E-state index contributed by atoms with van der Waals surface area (Å²) < 4.78 is 5.83. The third-order valence-electron chi connectivity index (χ3n) is 3.54. The fourth-order valence-electron chi connectivity index (χ4n) is 2.35. The second-order valence-corrected chi connectivity index (χ2v) is 6.33. The van der Waals surface area contributed by atoms with Gasteiger partial charge in [0, 0.05) is 33.1 Å². The predicted octanol–water partition coefficient (Wildman–Crippen LogP) is 1.90. The second-order valence-electron chi connectivity index (χ2n) is 5.38. The van der Waals surface area contributed by atoms with Crippen LogP contribution in [-0.4, -0.2) is 54.3 Å². The van der Waals surface area contributed by atoms with Crippen molar-refractivity contribution in [2.75, 3.05) is 32.1 Å². The molecule has 1 amide bonds. The topological polar surface area (TPSA) is 58.6 Å². The van der Waals surface area contributed by atoms with E-state index in [-0.39, 0.29) is 12.0 Å². The van der Waals surface area contributed by atoms with Gasteiger partial charge in [0.1, 0.15) is 6.10 Å². The van der Waals surface area contributed by atoms with Crippen molar-refractivity contribution in [3.63, 3.8) is 0 Å². The van der Waals surface area contributed by atoms with E-state index >= 15 is 0 Å². The van der Waals surface area contributed by atoms with Gasteiger partial charge in [-0.15, -0.1) is 21.5 Å². The van der Waals surface area contributed by atoms with E-state index in [0.717, 1.165) is 17.1 Å². The first-order chi connectivity index (χ1) is 10.6. The van der Waals surface area contributed by atoms with E-state index in [9.17, 15) is 4.79 Å². The summed E-state index contributed by atoms with van der Waals surface area (Å²) in [6, 6.07) is 7.43. The molecule has 3 rings (SSSR count). The molecule has 1 aliphatic heterocycles. The van der Waals surface area contributed by atoms with Crippen molar-refractivity contribution in [2.24, 2.45) is 0 Å². The molecule has 3 heterocycles. The van der Waals surface area contributed by atoms with Crippen LogP contribution in [0.2, 0.25) is 0 Å². The molecule has 22 heavy (non-hydrogen) atoms. The van der Waals surface area contributed by atoms with Gasteiger partial charge in [-0.2, -0.15) is 0 Å². The molecule has 0 N–H and O–H groups in total. The zero-order chi connectivity index (χ0) is 15.5. The van der Waals surface area contributed by atoms with Gasteiger partial charge < -0.3 is 14.5 Å². The molecule has 1 atom stereocenters. The fraction of sp³-hybridized carbons (Fsp3) is 0.400. The Bertz CT molecular complexity index is 628. The van der Waals surface area contributed by atoms with Crippen LogP contribution in [0, 0.1) is 0 Å². The minimum Gasteiger partial charge on any atom is -0.471 e. The number of carbonyl (C=O) groups excluding carboxylic acids is 1. The van der Waals surface area contributed by atoms with Gasteiger partial charge in [-0.3, -0.25) is 4.79 Å². The number of rotatable bonds is 4. The highest BCUT2D eigenvalue weighted by Gasteiger charge is 2.29. The lowest BCUT2D eigenvalue weighted by Gasteiger charge is -2.16. The molecule has 0 bridgehead atoms. The molecule has 0 aliphatic carbocycles. The van der Waals surface area contributed by atoms with Crippen molar-refractivity contribution in [1.82, 2.24) is 15.1 Å². The Morgan fingerprint density at radius 3 is 2.86 bits per heavy atom. The molecule has 0 aromatic carbocycles. The normalized spacial score (nSPS) is 17.5. The number of likely N-dealkylation sites (tertiary alicyclic amines) is 1. The molecular weight excluding hydrogens is 300 g/mol. The molecule has 2 aromatic heterocycles. The lowest BCUT2D eigenvalue weighted by atomic mass is 10.3. The molecule has 0 radical (unpaired) electrons. The van der Waals surface area contributed by atoms with Crippen molar-refractivity contribution < 1.29 is 9.53 Å². The Kier molecular flexibility index (Phi) is 4.24. The lowest BCUT2D eigenvalue weighted by Crippen LogP contribution is -2.30. The van der Waals surface area contributed by atoms with Crippen molar-refractivity contribution in [2.45, 2.75) is 12.5 Å². The Balaban J connectivity index is 1.58. The van der Waals surface area contributed by atoms with E-state index in [1.165, 1.54) is 11.3 Å². The molecule has 6 nitrogen and oxygen atoms in total. The van der Waals surface area contributed by atoms with Crippen LogP contribution in [-0.2, 0) is 0 Å². The number of anilines is 1. The van der Waals surface area contributed by atoms with Crippen molar-refractivity contribution in [3.8, 4) is 5.88 Å². The maximum atomic E-state index is 12.3. The number of aromatic nitrogens is 2. The third kappa shape index (κ3) is 3.19. The van der Waals surface area contributed by atoms with Gasteiger partial charge in [0.2, 0.25) is 5.88 Å². The second kappa shape index (κ2) is 6.31. The molecule has 116 valence electrons. The molecule has 1 saturated heterocycles. The Morgan fingerprint density at radius 1 is 1.36 bits per heavy atom. The summed E-state index contributed by atoms with van der Waals surface area (Å²) in [5.74, 6) is 1.37. The Hall–Kier alpha value is -2.15. The number of thiophene rings is 1. The number of hydrogen-bond acceptors (Lipinski definition) is 6. The zero-order valence-electron chi connectivity index (χ0n) is 12.6. The summed E-state index contributed by atoms with van der Waals surface area (Å²) in [7, 11) is 3.82. The maximum absolute atomic E-state index is 12.3. The molecule has 0 spiro atoms. The van der Waals surface area contributed by atoms with E-state index in [0.29, 0.717) is 19.0 Å². The van der Waals surface area contributed by atoms with Gasteiger partial charge in [0.15, 0.2) is 5.82 Å². The first kappa shape index (κ1) is 14.8. The van der Waals surface area contributed by atoms with Crippen LogP contribution in [0.25, 0.3) is 0 Å². The summed E-state index contributed by atoms with van der Waals surface area (Å²) in [5.41, 5.74) is 0. The highest BCUT2D eigenvalue weighted by molar-refractivity contribution is 7.12. The van der Waals surface area contributed by atoms with Crippen LogP contribution in [0.5, 0.6) is 5.88 Å². The van der Waals surface area contributed by atoms with Gasteiger partial charge >= 0.3 is 0 Å². The summed E-state index contributed by atoms with van der Waals surface area (Å²) in [4.78, 5) is 16.8. The smallest absolute Gasteiger partial charge is 0.264 e. The summed E-state index contributed by atoms with van der Waals surface area (Å²) in [6.07, 6.45) is 0.789. The fourth-order valence-corrected chi connectivity index (χ4v) is 3.04. The van der Waals surface area contributed by atoms with Crippen LogP contribution in [0.4, 0.5) is 5.82 Å². The highest BCUT2D eigenvalue weighted by Crippen LogP contribution is 2.20. The minimum atomic E-state index is -0.0246. The van der Waals surface area contributed by atoms with Crippen LogP contribution in [0.1, 0.15) is 16.1 Å². The van der Waals surface area contributed by atoms with Gasteiger partial charge in [0.05, 0.1) is 11.4 Å². The molecular formula is C15H18N4O2S. The van der Waals surface area contributed by atoms with E-state index in [2.05, 4.69) is 10.2 Å². The zero-order valence-corrected chi connectivity index (χ0v) is 13.4. The average Bonchev–Trinajstić information content (AvgIpc) is 3.19. The Labute approximate surface area is 133 Å². The number of nitrogens with zero attached hydrogens (tertiary/aromatic N) is 4. The maximum Gasteiger partial charge on any atom is 0.264 e. The number of ether oxygens (including phenoxy) is 1. The van der Waals surface area contributed by atoms with Gasteiger partial charge in [-0.25, -0.2) is 0 Å². The van der Waals surface area contributed by atoms with Crippen LogP contribution in [0.15, 0.2) is 29.6 Å². The predicted molar refractivity (Wildman–Crippen MR) is 85.6 cm³/mol. The average molecular weight is 318 g/mol. The largest absolute Gasteiger partial charge is 0.471 e. The summed E-state index contributed by atoms with van der Waals surface area (Å²) in [6.45, 7) is 1.30. The van der Waals surface area contributed by atoms with E-state index in [1.807, 2.05) is 53.5 Å². The van der Waals surface area contributed by atoms with Gasteiger partial charge in [-0.1, -0.05) is 6.07 Å². The van der Waals surface area contributed by atoms with E-state index in [1.54, 1.807) is 0 Å². The standard InChI is InChI=1S/C15H18N4O2S/c1-18(2)13-5-6-14(17-16-13)21-11-7-8-19(10-11)15(20)12-4-3-9-22-12/h3-6,9,11H,7-8,10H2,1-2H3/t11-/m0/s1. The SMILES string of the molecule is CN(C)c1ccc(O[C@H]2CCN(C(=O)c3cccs3)C2)nn1. The highest BCUT2D eigenvalue weighted by atomic mass is 32.1. The minimum absolute atomic E-state index is 0.0246. The van der Waals surface area contributed by atoms with Crippen LogP contribution >= 0.6 is 11.3 Å². The van der Waals surface area contributed by atoms with Gasteiger partial charge in [0.25, 0.3) is 5.91 Å². The van der Waals surface area contributed by atoms with Crippen molar-refractivity contribution in [3.05, 3.63) is 34.5 Å². The monoisotopic (exact) mass is 318 g/mol. The molecule has 1 aliphatic rings. The number of hydrogen-bond donors (Lipinski definition) is 0. The molecule has 0 saturated carbocycles. The third-order valence-corrected chi connectivity index (χ3v) is 4.39. The van der Waals surface area contributed by atoms with Crippen molar-refractivity contribution >= 4 is 23.1 Å². The Morgan fingerprint density at radius 2 is 2.23 bits per heavy atom. The van der Waals surface area contributed by atoms with Crippen molar-refractivity contribution in [1.29, 1.82) is 0 Å². The van der Waals surface area contributed by atoms with E-state index < -0.39 is 0 Å². The quantitative estimate of drug-likeness (QED) is 0.862. The lowest BCUT2D eigenvalue weighted by molar-refractivity contribution is 0.0775. The molecule has 2 aromatic rings. The number of amides is 1. The van der Waals surface area contributed by atoms with Gasteiger partial charge in [-0.05, 0) is 17.5 Å². The molecule has 7 heteroatoms. The first-order valence-electron chi connectivity index (χ1n) is 7.14. The first-order valence-corrected chi connectivity index (χ1v) is 8.02. The van der Waals surface area contributed by atoms with Crippen LogP contribution in [0.3, 0.4) is 0 Å². The van der Waals surface area contributed by atoms with Crippen LogP contribution < -0.4 is 9.64 Å². The van der Waals surface area contributed by atoms with E-state index in [4.69, 9.17) is 4.74 Å².